The number of nitrogens with zero attached hydrogens (tertiary/aromatic N) is 2. The summed E-state index contributed by atoms with van der Waals surface area (Å²) in [5.74, 6) is 0. The molecule has 0 aliphatic rings. The summed E-state index contributed by atoms with van der Waals surface area (Å²) in [5, 5.41) is 20.7. The molecule has 6 heteroatoms. The zero-order chi connectivity index (χ0) is 14.7. The Morgan fingerprint density at radius 1 is 1.45 bits per heavy atom. The Bertz CT molecular complexity index is 625. The van der Waals surface area contributed by atoms with Gasteiger partial charge in [0.1, 0.15) is 4.47 Å². The predicted molar refractivity (Wildman–Crippen MR) is 79.6 cm³/mol. The first-order valence-corrected chi connectivity index (χ1v) is 7.07. The van der Waals surface area contributed by atoms with Gasteiger partial charge in [0.15, 0.2) is 0 Å². The van der Waals surface area contributed by atoms with Crippen molar-refractivity contribution in [3.8, 4) is 0 Å². The number of aromatic nitrogens is 1. The first kappa shape index (κ1) is 14.7. The lowest BCUT2D eigenvalue weighted by atomic mass is 10.1. The molecule has 0 aliphatic heterocycles. The van der Waals surface area contributed by atoms with Crippen LogP contribution >= 0.6 is 15.9 Å². The highest BCUT2D eigenvalue weighted by Gasteiger charge is 2.15. The smallest absolute Gasteiger partial charge is 0.283 e. The minimum Gasteiger partial charge on any atom is -0.388 e. The fourth-order valence-electron chi connectivity index (χ4n) is 2.02. The number of halogens is 1. The third-order valence-electron chi connectivity index (χ3n) is 3.15. The van der Waals surface area contributed by atoms with E-state index in [2.05, 4.69) is 15.9 Å². The summed E-state index contributed by atoms with van der Waals surface area (Å²) in [5.41, 5.74) is 1.74. The van der Waals surface area contributed by atoms with Crippen molar-refractivity contribution in [3.63, 3.8) is 0 Å². The van der Waals surface area contributed by atoms with Gasteiger partial charge in [-0.3, -0.25) is 10.1 Å². The summed E-state index contributed by atoms with van der Waals surface area (Å²) in [6.45, 7) is 2.43. The second kappa shape index (κ2) is 6.19. The Kier molecular flexibility index (Phi) is 4.57. The van der Waals surface area contributed by atoms with Gasteiger partial charge in [0, 0.05) is 25.0 Å². The lowest BCUT2D eigenvalue weighted by Gasteiger charge is -2.07. The van der Waals surface area contributed by atoms with Gasteiger partial charge in [-0.25, -0.2) is 0 Å². The number of nitro benzene ring substituents is 1. The van der Waals surface area contributed by atoms with Gasteiger partial charge in [0.05, 0.1) is 11.0 Å². The van der Waals surface area contributed by atoms with Crippen LogP contribution in [0.1, 0.15) is 30.6 Å². The number of benzene rings is 1. The molecule has 1 atom stereocenters. The van der Waals surface area contributed by atoms with E-state index in [-0.39, 0.29) is 5.69 Å². The molecule has 1 N–H and O–H groups in total. The molecule has 0 saturated carbocycles. The Hall–Kier alpha value is -1.66. The number of aliphatic hydroxyl groups excluding tert-OH is 1. The molecule has 2 aromatic rings. The van der Waals surface area contributed by atoms with Crippen molar-refractivity contribution < 1.29 is 10.0 Å². The maximum absolute atomic E-state index is 10.9. The standard InChI is InChI=1S/C14H15BrN2O3/c1-2-13(18)10-6-7-16(8-10)9-11-4-3-5-12(14(11)15)17(19)20/h3-8,13,18H,2,9H2,1H3. The molecule has 0 bridgehead atoms. The van der Waals surface area contributed by atoms with Crippen molar-refractivity contribution in [1.82, 2.24) is 4.57 Å². The molecule has 20 heavy (non-hydrogen) atoms. The number of hydrogen-bond donors (Lipinski definition) is 1. The van der Waals surface area contributed by atoms with E-state index in [1.807, 2.05) is 36.0 Å². The molecule has 0 amide bonds. The van der Waals surface area contributed by atoms with E-state index in [0.717, 1.165) is 11.1 Å². The van der Waals surface area contributed by atoms with Crippen molar-refractivity contribution in [3.05, 3.63) is 62.4 Å². The van der Waals surface area contributed by atoms with Gasteiger partial charge in [-0.1, -0.05) is 19.1 Å². The van der Waals surface area contributed by atoms with Crippen LogP contribution in [0, 0.1) is 10.1 Å². The lowest BCUT2D eigenvalue weighted by molar-refractivity contribution is -0.385. The second-order valence-corrected chi connectivity index (χ2v) is 5.34. The van der Waals surface area contributed by atoms with Crippen molar-refractivity contribution in [2.45, 2.75) is 26.0 Å². The van der Waals surface area contributed by atoms with Crippen LogP contribution in [0.15, 0.2) is 41.1 Å². The van der Waals surface area contributed by atoms with E-state index in [1.54, 1.807) is 6.07 Å². The Labute approximate surface area is 125 Å². The normalized spacial score (nSPS) is 12.3. The highest BCUT2D eigenvalue weighted by atomic mass is 79.9. The summed E-state index contributed by atoms with van der Waals surface area (Å²) in [6.07, 6.45) is 3.91. The molecule has 2 rings (SSSR count). The first-order chi connectivity index (χ1) is 9.52. The minimum absolute atomic E-state index is 0.0588. The van der Waals surface area contributed by atoms with Crippen LogP contribution in [0.25, 0.3) is 0 Å². The van der Waals surface area contributed by atoms with Gasteiger partial charge >= 0.3 is 0 Å². The highest BCUT2D eigenvalue weighted by molar-refractivity contribution is 9.10. The lowest BCUT2D eigenvalue weighted by Crippen LogP contribution is -2.00. The maximum Gasteiger partial charge on any atom is 0.283 e. The SMILES string of the molecule is CCC(O)c1ccn(Cc2cccc([N+](=O)[O-])c2Br)c1. The van der Waals surface area contributed by atoms with E-state index in [4.69, 9.17) is 0 Å². The first-order valence-electron chi connectivity index (χ1n) is 6.28. The van der Waals surface area contributed by atoms with Gasteiger partial charge in [-0.05, 0) is 39.5 Å². The molecular formula is C14H15BrN2O3. The van der Waals surface area contributed by atoms with Gasteiger partial charge in [0.2, 0.25) is 0 Å². The molecule has 1 aromatic heterocycles. The Balaban J connectivity index is 2.24. The average molecular weight is 339 g/mol. The number of aliphatic hydroxyl groups is 1. The summed E-state index contributed by atoms with van der Waals surface area (Å²) >= 11 is 3.28. The van der Waals surface area contributed by atoms with Crippen molar-refractivity contribution >= 4 is 21.6 Å². The third kappa shape index (κ3) is 3.08. The van der Waals surface area contributed by atoms with Crippen molar-refractivity contribution in [1.29, 1.82) is 0 Å². The number of rotatable bonds is 5. The zero-order valence-corrected chi connectivity index (χ0v) is 12.6. The molecule has 1 heterocycles. The van der Waals surface area contributed by atoms with Gasteiger partial charge in [0.25, 0.3) is 5.69 Å². The molecule has 5 nitrogen and oxygen atoms in total. The monoisotopic (exact) mass is 338 g/mol. The van der Waals surface area contributed by atoms with Crippen LogP contribution < -0.4 is 0 Å². The summed E-state index contributed by atoms with van der Waals surface area (Å²) in [6, 6.07) is 6.84. The van der Waals surface area contributed by atoms with Gasteiger partial charge in [-0.2, -0.15) is 0 Å². The van der Waals surface area contributed by atoms with Crippen LogP contribution in [-0.4, -0.2) is 14.6 Å². The predicted octanol–water partition coefficient (Wildman–Crippen LogP) is 3.65. The van der Waals surface area contributed by atoms with Crippen LogP contribution in [0.4, 0.5) is 5.69 Å². The maximum atomic E-state index is 10.9. The minimum atomic E-state index is -0.468. The van der Waals surface area contributed by atoms with E-state index in [1.165, 1.54) is 6.07 Å². The zero-order valence-electron chi connectivity index (χ0n) is 11.0. The molecule has 106 valence electrons. The topological polar surface area (TPSA) is 68.3 Å². The van der Waals surface area contributed by atoms with Crippen LogP contribution in [-0.2, 0) is 6.54 Å². The van der Waals surface area contributed by atoms with E-state index >= 15 is 0 Å². The molecule has 0 spiro atoms. The molecular weight excluding hydrogens is 324 g/mol. The van der Waals surface area contributed by atoms with Gasteiger partial charge in [-0.15, -0.1) is 0 Å². The van der Waals surface area contributed by atoms with Crippen molar-refractivity contribution in [2.24, 2.45) is 0 Å². The summed E-state index contributed by atoms with van der Waals surface area (Å²) < 4.78 is 2.40. The second-order valence-electron chi connectivity index (χ2n) is 4.55. The fraction of sp³-hybridized carbons (Fsp3) is 0.286. The average Bonchev–Trinajstić information content (AvgIpc) is 2.88. The molecule has 0 aliphatic carbocycles. The van der Waals surface area contributed by atoms with E-state index in [9.17, 15) is 15.2 Å². The van der Waals surface area contributed by atoms with E-state index in [0.29, 0.717) is 17.4 Å². The fourth-order valence-corrected chi connectivity index (χ4v) is 2.55. The Morgan fingerprint density at radius 2 is 2.20 bits per heavy atom. The quantitative estimate of drug-likeness (QED) is 0.668. The summed E-state index contributed by atoms with van der Waals surface area (Å²) in [4.78, 5) is 10.5. The summed E-state index contributed by atoms with van der Waals surface area (Å²) in [7, 11) is 0. The molecule has 1 aromatic carbocycles. The molecule has 0 radical (unpaired) electrons. The van der Waals surface area contributed by atoms with Crippen LogP contribution in [0.5, 0.6) is 0 Å². The molecule has 1 unspecified atom stereocenters. The van der Waals surface area contributed by atoms with E-state index < -0.39 is 11.0 Å². The van der Waals surface area contributed by atoms with Gasteiger partial charge < -0.3 is 9.67 Å². The van der Waals surface area contributed by atoms with Crippen LogP contribution in [0.2, 0.25) is 0 Å². The highest BCUT2D eigenvalue weighted by Crippen LogP contribution is 2.29. The van der Waals surface area contributed by atoms with Crippen molar-refractivity contribution in [2.75, 3.05) is 0 Å². The Morgan fingerprint density at radius 3 is 2.85 bits per heavy atom. The van der Waals surface area contributed by atoms with Crippen LogP contribution in [0.3, 0.4) is 0 Å². The molecule has 0 saturated heterocycles. The third-order valence-corrected chi connectivity index (χ3v) is 4.07. The number of nitro groups is 1. The number of hydrogen-bond acceptors (Lipinski definition) is 3. The largest absolute Gasteiger partial charge is 0.388 e. The molecule has 0 fully saturated rings.